The van der Waals surface area contributed by atoms with E-state index in [1.807, 2.05) is 0 Å². The molecule has 4 rings (SSSR count). The number of benzene rings is 2. The van der Waals surface area contributed by atoms with E-state index in [0.717, 1.165) is 61.8 Å². The van der Waals surface area contributed by atoms with Crippen LogP contribution in [0.5, 0.6) is 11.5 Å². The van der Waals surface area contributed by atoms with Crippen LogP contribution in [-0.4, -0.2) is 0 Å². The van der Waals surface area contributed by atoms with Gasteiger partial charge >= 0.3 is 6.18 Å². The molecule has 0 atom stereocenters. The van der Waals surface area contributed by atoms with Crippen molar-refractivity contribution in [1.29, 1.82) is 0 Å². The third kappa shape index (κ3) is 6.37. The number of rotatable bonds is 7. The fourth-order valence-electron chi connectivity index (χ4n) is 6.16. The number of alkyl halides is 3. The van der Waals surface area contributed by atoms with E-state index in [1.54, 1.807) is 0 Å². The summed E-state index contributed by atoms with van der Waals surface area (Å²) < 4.78 is 73.9. The van der Waals surface area contributed by atoms with Crippen LogP contribution in [0.4, 0.5) is 22.0 Å². The summed E-state index contributed by atoms with van der Waals surface area (Å²) in [6.07, 6.45) is 8.12. The third-order valence-corrected chi connectivity index (χ3v) is 8.20. The molecule has 2 aliphatic carbocycles. The summed E-state index contributed by atoms with van der Waals surface area (Å²) in [5, 5.41) is 0. The monoisotopic (exact) mass is 494 g/mol. The van der Waals surface area contributed by atoms with Gasteiger partial charge in [-0.15, -0.1) is 0 Å². The first-order valence-electron chi connectivity index (χ1n) is 13.1. The van der Waals surface area contributed by atoms with Crippen LogP contribution >= 0.6 is 0 Å². The molecule has 0 aliphatic heterocycles. The average Bonchev–Trinajstić information content (AvgIpc) is 2.85. The maximum atomic E-state index is 15.3. The molecule has 2 aliphatic rings. The van der Waals surface area contributed by atoms with E-state index >= 15 is 4.39 Å². The highest BCUT2D eigenvalue weighted by atomic mass is 19.4. The van der Waals surface area contributed by atoms with Crippen LogP contribution in [0.1, 0.15) is 94.6 Å². The van der Waals surface area contributed by atoms with E-state index in [-0.39, 0.29) is 23.0 Å². The molecule has 2 aromatic rings. The van der Waals surface area contributed by atoms with Gasteiger partial charge in [-0.1, -0.05) is 39.0 Å². The summed E-state index contributed by atoms with van der Waals surface area (Å²) in [4.78, 5) is 0. The second-order valence-electron chi connectivity index (χ2n) is 10.4. The SMILES string of the molecule is CCCCC1CCC(C2CCC(c3c(F)ccc(Oc4ccc(C(F)(F)F)cc4)c3F)CC2)CC1. The lowest BCUT2D eigenvalue weighted by Crippen LogP contribution is -2.26. The minimum absolute atomic E-state index is 0.0520. The van der Waals surface area contributed by atoms with E-state index in [0.29, 0.717) is 5.92 Å². The van der Waals surface area contributed by atoms with Crippen molar-refractivity contribution < 1.29 is 26.7 Å². The van der Waals surface area contributed by atoms with E-state index in [9.17, 15) is 17.6 Å². The molecule has 35 heavy (non-hydrogen) atoms. The standard InChI is InChI=1S/C29H35F5O/c1-2-3-4-19-5-7-20(8-6-19)21-9-11-22(12-10-21)27-25(30)17-18-26(28(27)31)35-24-15-13-23(14-16-24)29(32,33)34/h13-22H,2-12H2,1H3. The van der Waals surface area contributed by atoms with Gasteiger partial charge in [0.05, 0.1) is 5.56 Å². The Balaban J connectivity index is 1.37. The molecule has 0 heterocycles. The fraction of sp³-hybridized carbons (Fsp3) is 0.586. The topological polar surface area (TPSA) is 9.23 Å². The molecule has 0 saturated heterocycles. The van der Waals surface area contributed by atoms with Crippen molar-refractivity contribution in [3.05, 3.63) is 59.2 Å². The zero-order valence-electron chi connectivity index (χ0n) is 20.3. The zero-order valence-corrected chi connectivity index (χ0v) is 20.3. The lowest BCUT2D eigenvalue weighted by Gasteiger charge is -2.38. The van der Waals surface area contributed by atoms with Crippen LogP contribution in [0.15, 0.2) is 36.4 Å². The van der Waals surface area contributed by atoms with Gasteiger partial charge in [0.15, 0.2) is 11.6 Å². The number of hydrogen-bond donors (Lipinski definition) is 0. The van der Waals surface area contributed by atoms with Crippen molar-refractivity contribution in [3.8, 4) is 11.5 Å². The van der Waals surface area contributed by atoms with Gasteiger partial charge in [0.1, 0.15) is 11.6 Å². The van der Waals surface area contributed by atoms with Crippen LogP contribution < -0.4 is 4.74 Å². The Labute approximate surface area is 205 Å². The van der Waals surface area contributed by atoms with Crippen molar-refractivity contribution in [1.82, 2.24) is 0 Å². The molecule has 0 bridgehead atoms. The van der Waals surface area contributed by atoms with Gasteiger partial charge in [0, 0.05) is 5.56 Å². The minimum Gasteiger partial charge on any atom is -0.454 e. The van der Waals surface area contributed by atoms with Crippen LogP contribution in [0.2, 0.25) is 0 Å². The zero-order chi connectivity index (χ0) is 25.0. The van der Waals surface area contributed by atoms with Crippen molar-refractivity contribution >= 4 is 0 Å². The maximum Gasteiger partial charge on any atom is 0.416 e. The molecule has 192 valence electrons. The summed E-state index contributed by atoms with van der Waals surface area (Å²) in [6.45, 7) is 2.24. The highest BCUT2D eigenvalue weighted by molar-refractivity contribution is 5.39. The Bertz CT molecular complexity index is 952. The van der Waals surface area contributed by atoms with E-state index in [1.165, 1.54) is 57.1 Å². The molecule has 0 radical (unpaired) electrons. The first kappa shape index (κ1) is 26.0. The second kappa shape index (κ2) is 11.3. The smallest absolute Gasteiger partial charge is 0.416 e. The van der Waals surface area contributed by atoms with E-state index < -0.39 is 23.4 Å². The first-order valence-corrected chi connectivity index (χ1v) is 13.1. The van der Waals surface area contributed by atoms with Crippen molar-refractivity contribution in [2.75, 3.05) is 0 Å². The van der Waals surface area contributed by atoms with Crippen LogP contribution in [-0.2, 0) is 6.18 Å². The number of unbranched alkanes of at least 4 members (excludes halogenated alkanes) is 1. The molecular formula is C29H35F5O. The summed E-state index contributed by atoms with van der Waals surface area (Å²) in [6, 6.07) is 6.46. The van der Waals surface area contributed by atoms with Crippen LogP contribution in [0.3, 0.4) is 0 Å². The summed E-state index contributed by atoms with van der Waals surface area (Å²) in [7, 11) is 0. The Kier molecular flexibility index (Phi) is 8.38. The number of halogens is 5. The summed E-state index contributed by atoms with van der Waals surface area (Å²) >= 11 is 0. The van der Waals surface area contributed by atoms with Crippen LogP contribution in [0, 0.1) is 29.4 Å². The molecule has 0 aromatic heterocycles. The minimum atomic E-state index is -4.46. The fourth-order valence-corrected chi connectivity index (χ4v) is 6.16. The van der Waals surface area contributed by atoms with E-state index in [4.69, 9.17) is 4.74 Å². The summed E-state index contributed by atoms with van der Waals surface area (Å²) in [5.41, 5.74) is -0.757. The average molecular weight is 495 g/mol. The predicted octanol–water partition coefficient (Wildman–Crippen LogP) is 10.0. The molecule has 0 amide bonds. The molecule has 1 nitrogen and oxygen atoms in total. The maximum absolute atomic E-state index is 15.3. The number of ether oxygens (including phenoxy) is 1. The van der Waals surface area contributed by atoms with Gasteiger partial charge in [-0.25, -0.2) is 8.78 Å². The van der Waals surface area contributed by atoms with Gasteiger partial charge in [0.25, 0.3) is 0 Å². The van der Waals surface area contributed by atoms with Gasteiger partial charge in [-0.05, 0) is 98.6 Å². The van der Waals surface area contributed by atoms with Crippen LogP contribution in [0.25, 0.3) is 0 Å². The molecule has 6 heteroatoms. The lowest BCUT2D eigenvalue weighted by atomic mass is 9.68. The molecule has 2 aromatic carbocycles. The normalized spacial score (nSPS) is 25.4. The molecule has 0 unspecified atom stereocenters. The van der Waals surface area contributed by atoms with Gasteiger partial charge in [0.2, 0.25) is 0 Å². The summed E-state index contributed by atoms with van der Waals surface area (Å²) in [5.74, 6) is 0.628. The predicted molar refractivity (Wildman–Crippen MR) is 128 cm³/mol. The molecule has 2 saturated carbocycles. The third-order valence-electron chi connectivity index (χ3n) is 8.20. The Morgan fingerprint density at radius 2 is 1.40 bits per heavy atom. The Hall–Kier alpha value is -2.11. The molecule has 2 fully saturated rings. The highest BCUT2D eigenvalue weighted by Crippen LogP contribution is 2.46. The first-order chi connectivity index (χ1) is 16.8. The van der Waals surface area contributed by atoms with Crippen molar-refractivity contribution in [2.24, 2.45) is 17.8 Å². The molecule has 0 N–H and O–H groups in total. The van der Waals surface area contributed by atoms with E-state index in [2.05, 4.69) is 6.92 Å². The number of hydrogen-bond acceptors (Lipinski definition) is 1. The van der Waals surface area contributed by atoms with Gasteiger partial charge in [-0.3, -0.25) is 0 Å². The van der Waals surface area contributed by atoms with Gasteiger partial charge in [-0.2, -0.15) is 13.2 Å². The molecule has 0 spiro atoms. The van der Waals surface area contributed by atoms with Crippen molar-refractivity contribution in [3.63, 3.8) is 0 Å². The largest absolute Gasteiger partial charge is 0.454 e. The highest BCUT2D eigenvalue weighted by Gasteiger charge is 2.34. The molecular weight excluding hydrogens is 459 g/mol. The Morgan fingerprint density at radius 3 is 1.97 bits per heavy atom. The van der Waals surface area contributed by atoms with Gasteiger partial charge < -0.3 is 4.74 Å². The second-order valence-corrected chi connectivity index (χ2v) is 10.4. The van der Waals surface area contributed by atoms with Crippen molar-refractivity contribution in [2.45, 2.75) is 89.6 Å². The Morgan fingerprint density at radius 1 is 0.800 bits per heavy atom. The quantitative estimate of drug-likeness (QED) is 0.348. The lowest BCUT2D eigenvalue weighted by molar-refractivity contribution is -0.137.